The van der Waals surface area contributed by atoms with Gasteiger partial charge in [0.2, 0.25) is 0 Å². The number of anilines is 2. The van der Waals surface area contributed by atoms with Gasteiger partial charge in [-0.15, -0.1) is 0 Å². The monoisotopic (exact) mass is 463 g/mol. The number of benzene rings is 2. The first-order valence-electron chi connectivity index (χ1n) is 10.7. The van der Waals surface area contributed by atoms with E-state index in [-0.39, 0.29) is 12.7 Å². The van der Waals surface area contributed by atoms with Gasteiger partial charge in [0.25, 0.3) is 0 Å². The van der Waals surface area contributed by atoms with Crippen molar-refractivity contribution in [3.63, 3.8) is 0 Å². The molecule has 1 N–H and O–H groups in total. The average molecular weight is 464 g/mol. The minimum Gasteiger partial charge on any atom is -0.489 e. The van der Waals surface area contributed by atoms with Gasteiger partial charge in [0.1, 0.15) is 36.4 Å². The number of aromatic nitrogens is 4. The first kappa shape index (κ1) is 21.4. The Morgan fingerprint density at radius 1 is 1.03 bits per heavy atom. The van der Waals surface area contributed by atoms with Crippen molar-refractivity contribution in [1.82, 2.24) is 19.9 Å². The number of hydrogen-bond donors (Lipinski definition) is 1. The molecule has 0 saturated carbocycles. The fourth-order valence-electron chi connectivity index (χ4n) is 3.63. The quantitative estimate of drug-likeness (QED) is 0.411. The largest absolute Gasteiger partial charge is 0.489 e. The van der Waals surface area contributed by atoms with Crippen LogP contribution in [-0.4, -0.2) is 39.3 Å². The SMILES string of the molecule is Clc1cc(Nc2ncnc3cccc(OC4CCOCC4)c23)ccc1OCc1cnccn1. The average Bonchev–Trinajstić information content (AvgIpc) is 2.85. The molecule has 4 aromatic rings. The summed E-state index contributed by atoms with van der Waals surface area (Å²) in [5, 5.41) is 4.65. The summed E-state index contributed by atoms with van der Waals surface area (Å²) in [5.74, 6) is 1.95. The Hall–Kier alpha value is -3.49. The third-order valence-electron chi connectivity index (χ3n) is 5.27. The van der Waals surface area contributed by atoms with Crippen LogP contribution in [0.3, 0.4) is 0 Å². The molecule has 0 unspecified atom stereocenters. The van der Waals surface area contributed by atoms with Crippen molar-refractivity contribution in [1.29, 1.82) is 0 Å². The number of fused-ring (bicyclic) bond motifs is 1. The van der Waals surface area contributed by atoms with Gasteiger partial charge in [-0.05, 0) is 30.3 Å². The predicted molar refractivity (Wildman–Crippen MR) is 125 cm³/mol. The lowest BCUT2D eigenvalue weighted by molar-refractivity contribution is 0.0262. The van der Waals surface area contributed by atoms with Crippen LogP contribution in [0.1, 0.15) is 18.5 Å². The number of nitrogens with zero attached hydrogens (tertiary/aromatic N) is 4. The number of rotatable bonds is 7. The maximum absolute atomic E-state index is 6.47. The highest BCUT2D eigenvalue weighted by Crippen LogP contribution is 2.35. The van der Waals surface area contributed by atoms with Crippen LogP contribution in [0.4, 0.5) is 11.5 Å². The van der Waals surface area contributed by atoms with E-state index in [4.69, 9.17) is 25.8 Å². The molecule has 0 aliphatic carbocycles. The molecule has 2 aromatic heterocycles. The summed E-state index contributed by atoms with van der Waals surface area (Å²) in [6, 6.07) is 11.3. The molecule has 8 nitrogen and oxygen atoms in total. The zero-order valence-corrected chi connectivity index (χ0v) is 18.5. The minimum absolute atomic E-state index is 0.109. The molecular weight excluding hydrogens is 442 g/mol. The van der Waals surface area contributed by atoms with Crippen LogP contribution in [0, 0.1) is 0 Å². The van der Waals surface area contributed by atoms with E-state index in [9.17, 15) is 0 Å². The predicted octanol–water partition coefficient (Wildman–Crippen LogP) is 4.95. The fraction of sp³-hybridized carbons (Fsp3) is 0.250. The van der Waals surface area contributed by atoms with E-state index in [1.807, 2.05) is 30.3 Å². The van der Waals surface area contributed by atoms with Gasteiger partial charge in [-0.25, -0.2) is 9.97 Å². The Kier molecular flexibility index (Phi) is 6.46. The van der Waals surface area contributed by atoms with E-state index in [0.717, 1.165) is 40.9 Å². The minimum atomic E-state index is 0.109. The molecule has 5 rings (SSSR count). The van der Waals surface area contributed by atoms with Crippen LogP contribution in [0.2, 0.25) is 5.02 Å². The van der Waals surface area contributed by atoms with E-state index < -0.39 is 0 Å². The molecule has 168 valence electrons. The van der Waals surface area contributed by atoms with Crippen LogP contribution in [0.5, 0.6) is 11.5 Å². The summed E-state index contributed by atoms with van der Waals surface area (Å²) < 4.78 is 17.5. The highest BCUT2D eigenvalue weighted by atomic mass is 35.5. The van der Waals surface area contributed by atoms with E-state index >= 15 is 0 Å². The van der Waals surface area contributed by atoms with Gasteiger partial charge in [0.15, 0.2) is 0 Å². The Balaban J connectivity index is 1.36. The first-order valence-corrected chi connectivity index (χ1v) is 11.1. The molecule has 0 bridgehead atoms. The smallest absolute Gasteiger partial charge is 0.145 e. The van der Waals surface area contributed by atoms with Crippen LogP contribution in [-0.2, 0) is 11.3 Å². The maximum Gasteiger partial charge on any atom is 0.145 e. The molecule has 0 amide bonds. The molecule has 0 atom stereocenters. The molecule has 1 aliphatic rings. The van der Waals surface area contributed by atoms with Crippen molar-refractivity contribution >= 4 is 34.0 Å². The van der Waals surface area contributed by atoms with E-state index in [1.54, 1.807) is 24.7 Å². The molecular formula is C24H22ClN5O3. The molecule has 33 heavy (non-hydrogen) atoms. The number of ether oxygens (including phenoxy) is 3. The Morgan fingerprint density at radius 3 is 2.76 bits per heavy atom. The second-order valence-corrected chi connectivity index (χ2v) is 7.96. The Bertz CT molecular complexity index is 1230. The van der Waals surface area contributed by atoms with Crippen LogP contribution in [0.25, 0.3) is 10.9 Å². The number of nitrogens with one attached hydrogen (secondary N) is 1. The highest BCUT2D eigenvalue weighted by Gasteiger charge is 2.18. The van der Waals surface area contributed by atoms with Gasteiger partial charge in [-0.2, -0.15) is 0 Å². The van der Waals surface area contributed by atoms with Crippen molar-refractivity contribution < 1.29 is 14.2 Å². The van der Waals surface area contributed by atoms with Gasteiger partial charge in [0.05, 0.1) is 41.0 Å². The third-order valence-corrected chi connectivity index (χ3v) is 5.57. The van der Waals surface area contributed by atoms with Crippen LogP contribution < -0.4 is 14.8 Å². The van der Waals surface area contributed by atoms with Gasteiger partial charge < -0.3 is 19.5 Å². The van der Waals surface area contributed by atoms with Crippen molar-refractivity contribution in [2.24, 2.45) is 0 Å². The lowest BCUT2D eigenvalue weighted by Crippen LogP contribution is -2.26. The van der Waals surface area contributed by atoms with Crippen molar-refractivity contribution in [3.05, 3.63) is 72.0 Å². The van der Waals surface area contributed by atoms with Crippen molar-refractivity contribution in [2.45, 2.75) is 25.6 Å². The second kappa shape index (κ2) is 9.97. The lowest BCUT2D eigenvalue weighted by atomic mass is 10.1. The maximum atomic E-state index is 6.47. The fourth-order valence-corrected chi connectivity index (χ4v) is 3.87. The van der Waals surface area contributed by atoms with Crippen molar-refractivity contribution in [2.75, 3.05) is 18.5 Å². The van der Waals surface area contributed by atoms with Crippen LogP contribution in [0.15, 0.2) is 61.3 Å². The molecule has 9 heteroatoms. The summed E-state index contributed by atoms with van der Waals surface area (Å²) in [5.41, 5.74) is 2.29. The van der Waals surface area contributed by atoms with Gasteiger partial charge in [-0.1, -0.05) is 17.7 Å². The summed E-state index contributed by atoms with van der Waals surface area (Å²) in [4.78, 5) is 17.1. The summed E-state index contributed by atoms with van der Waals surface area (Å²) in [6.45, 7) is 1.70. The molecule has 1 saturated heterocycles. The molecule has 2 aromatic carbocycles. The van der Waals surface area contributed by atoms with E-state index in [2.05, 4.69) is 25.3 Å². The normalized spacial score (nSPS) is 14.2. The Labute approximate surface area is 195 Å². The van der Waals surface area contributed by atoms with Gasteiger partial charge in [-0.3, -0.25) is 9.97 Å². The van der Waals surface area contributed by atoms with Crippen molar-refractivity contribution in [3.8, 4) is 11.5 Å². The standard InChI is InChI=1S/C24H22ClN5O3/c25-19-12-16(4-5-21(19)32-14-17-13-26-8-9-27-17)30-24-23-20(28-15-29-24)2-1-3-22(23)33-18-6-10-31-11-7-18/h1-5,8-9,12-13,15,18H,6-7,10-11,14H2,(H,28,29,30). The summed E-state index contributed by atoms with van der Waals surface area (Å²) in [7, 11) is 0. The summed E-state index contributed by atoms with van der Waals surface area (Å²) >= 11 is 6.47. The number of hydrogen-bond acceptors (Lipinski definition) is 8. The van der Waals surface area contributed by atoms with Gasteiger partial charge >= 0.3 is 0 Å². The van der Waals surface area contributed by atoms with Crippen LogP contribution >= 0.6 is 11.6 Å². The third kappa shape index (κ3) is 5.13. The van der Waals surface area contributed by atoms with E-state index in [1.165, 1.54) is 6.33 Å². The first-order chi connectivity index (χ1) is 16.3. The molecule has 1 fully saturated rings. The lowest BCUT2D eigenvalue weighted by Gasteiger charge is -2.24. The topological polar surface area (TPSA) is 91.3 Å². The Morgan fingerprint density at radius 2 is 1.94 bits per heavy atom. The zero-order valence-electron chi connectivity index (χ0n) is 17.8. The number of halogens is 1. The molecule has 0 spiro atoms. The van der Waals surface area contributed by atoms with E-state index in [0.29, 0.717) is 29.8 Å². The summed E-state index contributed by atoms with van der Waals surface area (Å²) in [6.07, 6.45) is 8.26. The molecule has 0 radical (unpaired) electrons. The highest BCUT2D eigenvalue weighted by molar-refractivity contribution is 6.32. The van der Waals surface area contributed by atoms with Gasteiger partial charge in [0, 0.05) is 30.9 Å². The molecule has 3 heterocycles. The zero-order chi connectivity index (χ0) is 22.5. The molecule has 1 aliphatic heterocycles. The second-order valence-electron chi connectivity index (χ2n) is 7.56.